The summed E-state index contributed by atoms with van der Waals surface area (Å²) in [6.07, 6.45) is 3.16. The molecule has 0 aromatic carbocycles. The third kappa shape index (κ3) is 2.78. The molecule has 2 aliphatic heterocycles. The number of hydrogen-bond acceptors (Lipinski definition) is 7. The van der Waals surface area contributed by atoms with E-state index in [1.54, 1.807) is 28.6 Å². The first kappa shape index (κ1) is 17.4. The number of sulfone groups is 1. The molecule has 140 valence electrons. The highest BCUT2D eigenvalue weighted by molar-refractivity contribution is 7.91. The smallest absolute Gasteiger partial charge is 0.257 e. The zero-order valence-corrected chi connectivity index (χ0v) is 15.3. The lowest BCUT2D eigenvalue weighted by atomic mass is 10.0. The van der Waals surface area contributed by atoms with Gasteiger partial charge in [-0.25, -0.2) is 17.9 Å². The fourth-order valence-corrected chi connectivity index (χ4v) is 6.05. The van der Waals surface area contributed by atoms with Gasteiger partial charge in [-0.05, 0) is 6.92 Å². The molecular weight excluding hydrogens is 358 g/mol. The van der Waals surface area contributed by atoms with Gasteiger partial charge in [-0.2, -0.15) is 5.10 Å². The Morgan fingerprint density at radius 3 is 2.85 bits per heavy atom. The van der Waals surface area contributed by atoms with Crippen molar-refractivity contribution in [3.8, 4) is 0 Å². The molecule has 26 heavy (non-hydrogen) atoms. The molecule has 0 unspecified atom stereocenters. The van der Waals surface area contributed by atoms with Crippen molar-refractivity contribution < 1.29 is 18.3 Å². The van der Waals surface area contributed by atoms with Crippen molar-refractivity contribution in [2.75, 3.05) is 37.7 Å². The molecule has 4 heterocycles. The third-order valence-corrected chi connectivity index (χ3v) is 7.02. The second kappa shape index (κ2) is 6.29. The molecule has 0 radical (unpaired) electrons. The fourth-order valence-electron chi connectivity index (χ4n) is 4.04. The Bertz CT molecular complexity index is 957. The molecule has 2 saturated heterocycles. The first-order valence-corrected chi connectivity index (χ1v) is 10.4. The van der Waals surface area contributed by atoms with E-state index in [-0.39, 0.29) is 30.1 Å². The van der Waals surface area contributed by atoms with E-state index in [4.69, 9.17) is 0 Å². The van der Waals surface area contributed by atoms with Crippen LogP contribution in [0.1, 0.15) is 16.1 Å². The van der Waals surface area contributed by atoms with E-state index in [9.17, 15) is 18.3 Å². The Kier molecular flexibility index (Phi) is 4.20. The van der Waals surface area contributed by atoms with Gasteiger partial charge in [-0.1, -0.05) is 0 Å². The maximum absolute atomic E-state index is 13.2. The molecule has 2 aromatic rings. The number of amides is 1. The number of piperazine rings is 1. The first-order chi connectivity index (χ1) is 12.4. The predicted molar refractivity (Wildman–Crippen MR) is 93.6 cm³/mol. The van der Waals surface area contributed by atoms with Crippen LogP contribution in [0.25, 0.3) is 5.65 Å². The van der Waals surface area contributed by atoms with Crippen molar-refractivity contribution in [3.05, 3.63) is 29.7 Å². The molecule has 1 amide bonds. The standard InChI is InChI=1S/C16H21N5O4S/c1-11-12(8-17-15-2-3-18-21(11)15)16(23)20-5-4-19(6-7-22)13-9-26(24,25)10-14(13)20/h2-3,8,13-14,22H,4-7,9-10H2,1H3/t13-,14+/m1/s1. The lowest BCUT2D eigenvalue weighted by Gasteiger charge is -2.43. The van der Waals surface area contributed by atoms with E-state index in [1.807, 2.05) is 4.90 Å². The number of carbonyl (C=O) groups is 1. The highest BCUT2D eigenvalue weighted by Gasteiger charge is 2.48. The largest absolute Gasteiger partial charge is 0.395 e. The zero-order valence-electron chi connectivity index (χ0n) is 14.4. The van der Waals surface area contributed by atoms with Crippen LogP contribution >= 0.6 is 0 Å². The number of aliphatic hydroxyl groups is 1. The topological polar surface area (TPSA) is 108 Å². The minimum Gasteiger partial charge on any atom is -0.395 e. The van der Waals surface area contributed by atoms with Gasteiger partial charge in [0.05, 0.1) is 41.6 Å². The van der Waals surface area contributed by atoms with Gasteiger partial charge in [0.25, 0.3) is 5.91 Å². The van der Waals surface area contributed by atoms with Crippen LogP contribution in [-0.4, -0.2) is 93.7 Å². The van der Waals surface area contributed by atoms with E-state index in [0.717, 1.165) is 0 Å². The van der Waals surface area contributed by atoms with Crippen LogP contribution in [0.2, 0.25) is 0 Å². The Hall–Kier alpha value is -2.04. The SMILES string of the molecule is Cc1c(C(=O)N2CCN(CCO)[C@@H]3CS(=O)(=O)C[C@@H]32)cnc2ccnn12. The molecule has 2 aliphatic rings. The van der Waals surface area contributed by atoms with Crippen molar-refractivity contribution in [3.63, 3.8) is 0 Å². The number of aryl methyl sites for hydroxylation is 1. The molecule has 9 nitrogen and oxygen atoms in total. The van der Waals surface area contributed by atoms with Gasteiger partial charge in [-0.15, -0.1) is 0 Å². The van der Waals surface area contributed by atoms with E-state index >= 15 is 0 Å². The zero-order chi connectivity index (χ0) is 18.5. The number of fused-ring (bicyclic) bond motifs is 2. The van der Waals surface area contributed by atoms with Crippen LogP contribution in [-0.2, 0) is 9.84 Å². The van der Waals surface area contributed by atoms with E-state index < -0.39 is 15.9 Å². The predicted octanol–water partition coefficient (Wildman–Crippen LogP) is -1.05. The summed E-state index contributed by atoms with van der Waals surface area (Å²) in [7, 11) is -3.21. The van der Waals surface area contributed by atoms with Crippen molar-refractivity contribution in [1.82, 2.24) is 24.4 Å². The maximum atomic E-state index is 13.2. The number of nitrogens with zero attached hydrogens (tertiary/aromatic N) is 5. The number of carbonyl (C=O) groups excluding carboxylic acids is 1. The lowest BCUT2D eigenvalue weighted by Crippen LogP contribution is -2.61. The Morgan fingerprint density at radius 2 is 2.08 bits per heavy atom. The molecule has 4 rings (SSSR count). The Labute approximate surface area is 151 Å². The molecular formula is C16H21N5O4S. The van der Waals surface area contributed by atoms with Gasteiger partial charge in [0, 0.05) is 37.9 Å². The summed E-state index contributed by atoms with van der Waals surface area (Å²) in [5, 5.41) is 13.4. The minimum atomic E-state index is -3.21. The maximum Gasteiger partial charge on any atom is 0.257 e. The number of aromatic nitrogens is 3. The molecule has 2 aromatic heterocycles. The number of β-amino-alcohol motifs (C(OH)–C–C–N with tert-alkyl or cyclic N) is 1. The van der Waals surface area contributed by atoms with Crippen LogP contribution in [0.3, 0.4) is 0 Å². The van der Waals surface area contributed by atoms with Crippen LogP contribution in [0.15, 0.2) is 18.5 Å². The van der Waals surface area contributed by atoms with Crippen LogP contribution in [0.4, 0.5) is 0 Å². The van der Waals surface area contributed by atoms with Gasteiger partial charge >= 0.3 is 0 Å². The third-order valence-electron chi connectivity index (χ3n) is 5.33. The molecule has 10 heteroatoms. The van der Waals surface area contributed by atoms with Crippen LogP contribution in [0, 0.1) is 6.92 Å². The summed E-state index contributed by atoms with van der Waals surface area (Å²) < 4.78 is 26.0. The summed E-state index contributed by atoms with van der Waals surface area (Å²) in [6, 6.07) is 1.08. The van der Waals surface area contributed by atoms with Crippen LogP contribution < -0.4 is 0 Å². The summed E-state index contributed by atoms with van der Waals surface area (Å²) in [5.74, 6) is -0.234. The Balaban J connectivity index is 1.68. The number of rotatable bonds is 3. The molecule has 0 saturated carbocycles. The summed E-state index contributed by atoms with van der Waals surface area (Å²) >= 11 is 0. The van der Waals surface area contributed by atoms with E-state index in [2.05, 4.69) is 10.1 Å². The van der Waals surface area contributed by atoms with Gasteiger partial charge in [-0.3, -0.25) is 9.69 Å². The van der Waals surface area contributed by atoms with E-state index in [1.165, 1.54) is 6.20 Å². The quantitative estimate of drug-likeness (QED) is 0.725. The highest BCUT2D eigenvalue weighted by atomic mass is 32.2. The average Bonchev–Trinajstić information content (AvgIpc) is 3.19. The molecule has 0 aliphatic carbocycles. The first-order valence-electron chi connectivity index (χ1n) is 8.57. The number of hydrogen-bond donors (Lipinski definition) is 1. The molecule has 2 fully saturated rings. The van der Waals surface area contributed by atoms with E-state index in [0.29, 0.717) is 36.5 Å². The fraction of sp³-hybridized carbons (Fsp3) is 0.562. The van der Waals surface area contributed by atoms with Gasteiger partial charge in [0.1, 0.15) is 0 Å². The average molecular weight is 379 g/mol. The molecule has 1 N–H and O–H groups in total. The highest BCUT2D eigenvalue weighted by Crippen LogP contribution is 2.28. The molecule has 0 bridgehead atoms. The monoisotopic (exact) mass is 379 g/mol. The minimum absolute atomic E-state index is 0.0247. The van der Waals surface area contributed by atoms with Gasteiger partial charge < -0.3 is 10.0 Å². The summed E-state index contributed by atoms with van der Waals surface area (Å²) in [4.78, 5) is 21.1. The summed E-state index contributed by atoms with van der Waals surface area (Å²) in [5.41, 5.74) is 1.77. The van der Waals surface area contributed by atoms with Crippen molar-refractivity contribution in [2.24, 2.45) is 0 Å². The second-order valence-electron chi connectivity index (χ2n) is 6.83. The van der Waals surface area contributed by atoms with Crippen molar-refractivity contribution >= 4 is 21.4 Å². The Morgan fingerprint density at radius 1 is 1.31 bits per heavy atom. The van der Waals surface area contributed by atoms with Gasteiger partial charge in [0.15, 0.2) is 15.5 Å². The normalized spacial score (nSPS) is 25.5. The summed E-state index contributed by atoms with van der Waals surface area (Å²) in [6.45, 7) is 3.15. The second-order valence-corrected chi connectivity index (χ2v) is 8.98. The number of aliphatic hydroxyl groups excluding tert-OH is 1. The van der Waals surface area contributed by atoms with Crippen LogP contribution in [0.5, 0.6) is 0 Å². The molecule has 2 atom stereocenters. The van der Waals surface area contributed by atoms with Crippen molar-refractivity contribution in [1.29, 1.82) is 0 Å². The lowest BCUT2D eigenvalue weighted by molar-refractivity contribution is 0.0280. The van der Waals surface area contributed by atoms with Crippen molar-refractivity contribution in [2.45, 2.75) is 19.0 Å². The molecule has 0 spiro atoms. The van der Waals surface area contributed by atoms with Gasteiger partial charge in [0.2, 0.25) is 0 Å².